The van der Waals surface area contributed by atoms with Gasteiger partial charge in [-0.3, -0.25) is 4.90 Å². The van der Waals surface area contributed by atoms with Crippen molar-refractivity contribution in [3.63, 3.8) is 0 Å². The van der Waals surface area contributed by atoms with Crippen molar-refractivity contribution in [3.8, 4) is 0 Å². The smallest absolute Gasteiger partial charge is 0.0226 e. The van der Waals surface area contributed by atoms with Gasteiger partial charge in [0.1, 0.15) is 0 Å². The minimum Gasteiger partial charge on any atom is -0.312 e. The zero-order chi connectivity index (χ0) is 12.5. The average Bonchev–Trinajstić information content (AvgIpc) is 2.95. The summed E-state index contributed by atoms with van der Waals surface area (Å²) in [5.74, 6) is 2.87. The molecule has 0 bridgehead atoms. The van der Waals surface area contributed by atoms with E-state index in [2.05, 4.69) is 24.1 Å². The van der Waals surface area contributed by atoms with E-state index < -0.39 is 0 Å². The Morgan fingerprint density at radius 1 is 1.17 bits per heavy atom. The molecule has 0 amide bonds. The molecule has 1 saturated heterocycles. The van der Waals surface area contributed by atoms with Crippen LogP contribution in [-0.2, 0) is 0 Å². The molecule has 104 valence electrons. The summed E-state index contributed by atoms with van der Waals surface area (Å²) in [4.78, 5) is 2.80. The largest absolute Gasteiger partial charge is 0.312 e. The lowest BCUT2D eigenvalue weighted by atomic mass is 9.93. The second-order valence-corrected chi connectivity index (χ2v) is 7.28. The number of fused-ring (bicyclic) bond motifs is 1. The van der Waals surface area contributed by atoms with Crippen molar-refractivity contribution in [2.24, 2.45) is 17.8 Å². The maximum atomic E-state index is 3.82. The lowest BCUT2D eigenvalue weighted by molar-refractivity contribution is 0.207. The topological polar surface area (TPSA) is 15.3 Å². The first-order valence-electron chi connectivity index (χ1n) is 8.21. The highest BCUT2D eigenvalue weighted by Crippen LogP contribution is 2.39. The fourth-order valence-electron chi connectivity index (χ4n) is 4.04. The molecule has 0 radical (unpaired) electrons. The van der Waals surface area contributed by atoms with Crippen molar-refractivity contribution in [3.05, 3.63) is 0 Å². The second kappa shape index (κ2) is 5.50. The van der Waals surface area contributed by atoms with Crippen LogP contribution in [0.4, 0.5) is 0 Å². The van der Waals surface area contributed by atoms with E-state index >= 15 is 0 Å². The van der Waals surface area contributed by atoms with Crippen LogP contribution < -0.4 is 5.32 Å². The first-order valence-corrected chi connectivity index (χ1v) is 8.21. The van der Waals surface area contributed by atoms with Crippen LogP contribution in [0.15, 0.2) is 0 Å². The average molecular weight is 250 g/mol. The van der Waals surface area contributed by atoms with E-state index in [0.29, 0.717) is 0 Å². The van der Waals surface area contributed by atoms with Gasteiger partial charge < -0.3 is 5.32 Å². The van der Waals surface area contributed by atoms with Gasteiger partial charge in [0.05, 0.1) is 0 Å². The first-order chi connectivity index (χ1) is 8.74. The Bertz CT molecular complexity index is 272. The van der Waals surface area contributed by atoms with Crippen molar-refractivity contribution in [2.75, 3.05) is 19.6 Å². The molecule has 0 aromatic heterocycles. The predicted octanol–water partition coefficient (Wildman–Crippen LogP) is 2.89. The molecule has 1 aliphatic heterocycles. The highest BCUT2D eigenvalue weighted by atomic mass is 15.2. The Kier molecular flexibility index (Phi) is 3.95. The number of nitrogens with zero attached hydrogens (tertiary/aromatic N) is 1. The van der Waals surface area contributed by atoms with Crippen LogP contribution in [0, 0.1) is 17.8 Å². The van der Waals surface area contributed by atoms with Gasteiger partial charge in [0.15, 0.2) is 0 Å². The Morgan fingerprint density at radius 2 is 2.00 bits per heavy atom. The van der Waals surface area contributed by atoms with Crippen LogP contribution >= 0.6 is 0 Å². The molecule has 3 aliphatic rings. The van der Waals surface area contributed by atoms with Crippen molar-refractivity contribution < 1.29 is 0 Å². The van der Waals surface area contributed by atoms with E-state index in [1.165, 1.54) is 58.2 Å². The molecule has 0 aromatic rings. The molecule has 0 aromatic carbocycles. The van der Waals surface area contributed by atoms with Gasteiger partial charge in [0, 0.05) is 18.6 Å². The zero-order valence-corrected chi connectivity index (χ0v) is 12.2. The Morgan fingerprint density at radius 3 is 2.72 bits per heavy atom. The minimum absolute atomic E-state index is 0.810. The maximum absolute atomic E-state index is 3.82. The van der Waals surface area contributed by atoms with Gasteiger partial charge in [-0.1, -0.05) is 20.3 Å². The fourth-order valence-corrected chi connectivity index (χ4v) is 4.04. The lowest BCUT2D eigenvalue weighted by Gasteiger charge is -2.29. The molecule has 3 rings (SSSR count). The van der Waals surface area contributed by atoms with Crippen LogP contribution in [0.2, 0.25) is 0 Å². The molecule has 1 N–H and O–H groups in total. The molecule has 2 heteroatoms. The van der Waals surface area contributed by atoms with Gasteiger partial charge in [-0.05, 0) is 62.9 Å². The van der Waals surface area contributed by atoms with Crippen molar-refractivity contribution in [1.29, 1.82) is 0 Å². The first kappa shape index (κ1) is 12.9. The quantitative estimate of drug-likeness (QED) is 0.780. The van der Waals surface area contributed by atoms with E-state index in [0.717, 1.165) is 29.8 Å². The fraction of sp³-hybridized carbons (Fsp3) is 1.00. The number of nitrogens with one attached hydrogen (secondary N) is 1. The minimum atomic E-state index is 0.810. The Balaban J connectivity index is 1.52. The zero-order valence-electron chi connectivity index (χ0n) is 12.2. The van der Waals surface area contributed by atoms with Gasteiger partial charge in [0.2, 0.25) is 0 Å². The van der Waals surface area contributed by atoms with E-state index in [1.807, 2.05) is 0 Å². The summed E-state index contributed by atoms with van der Waals surface area (Å²) in [6.07, 6.45) is 8.76. The van der Waals surface area contributed by atoms with Gasteiger partial charge >= 0.3 is 0 Å². The lowest BCUT2D eigenvalue weighted by Crippen LogP contribution is -2.42. The summed E-state index contributed by atoms with van der Waals surface area (Å²) in [5.41, 5.74) is 0. The highest BCUT2D eigenvalue weighted by Gasteiger charge is 2.41. The SMILES string of the molecule is CC(C)CCN(CC1NCC2CCCC21)C1CC1. The molecule has 3 atom stereocenters. The monoisotopic (exact) mass is 250 g/mol. The second-order valence-electron chi connectivity index (χ2n) is 7.28. The van der Waals surface area contributed by atoms with Crippen molar-refractivity contribution >= 4 is 0 Å². The summed E-state index contributed by atoms with van der Waals surface area (Å²) >= 11 is 0. The third kappa shape index (κ3) is 2.91. The normalized spacial score (nSPS) is 35.7. The number of hydrogen-bond donors (Lipinski definition) is 1. The Labute approximate surface area is 113 Å². The van der Waals surface area contributed by atoms with E-state index in [4.69, 9.17) is 0 Å². The summed E-state index contributed by atoms with van der Waals surface area (Å²) in [6.45, 7) is 8.67. The van der Waals surface area contributed by atoms with Crippen LogP contribution in [0.5, 0.6) is 0 Å². The molecular formula is C16H30N2. The van der Waals surface area contributed by atoms with E-state index in [1.54, 1.807) is 0 Å². The maximum Gasteiger partial charge on any atom is 0.0226 e. The summed E-state index contributed by atoms with van der Waals surface area (Å²) in [7, 11) is 0. The van der Waals surface area contributed by atoms with Gasteiger partial charge in [-0.2, -0.15) is 0 Å². The van der Waals surface area contributed by atoms with Crippen LogP contribution in [0.25, 0.3) is 0 Å². The molecule has 3 fully saturated rings. The third-order valence-electron chi connectivity index (χ3n) is 5.37. The molecule has 1 heterocycles. The van der Waals surface area contributed by atoms with E-state index in [9.17, 15) is 0 Å². The van der Waals surface area contributed by atoms with Crippen LogP contribution in [0.1, 0.15) is 52.4 Å². The molecule has 0 spiro atoms. The molecule has 18 heavy (non-hydrogen) atoms. The van der Waals surface area contributed by atoms with Crippen molar-refractivity contribution in [1.82, 2.24) is 10.2 Å². The van der Waals surface area contributed by atoms with Crippen molar-refractivity contribution in [2.45, 2.75) is 64.5 Å². The molecule has 2 nitrogen and oxygen atoms in total. The summed E-state index contributed by atoms with van der Waals surface area (Å²) < 4.78 is 0. The predicted molar refractivity (Wildman–Crippen MR) is 76.7 cm³/mol. The number of hydrogen-bond acceptors (Lipinski definition) is 2. The molecule has 2 aliphatic carbocycles. The molecule has 3 unspecified atom stereocenters. The highest BCUT2D eigenvalue weighted by molar-refractivity contribution is 4.97. The summed E-state index contributed by atoms with van der Waals surface area (Å²) in [5, 5.41) is 3.82. The van der Waals surface area contributed by atoms with Crippen LogP contribution in [-0.4, -0.2) is 36.6 Å². The standard InChI is InChI=1S/C16H30N2/c1-12(2)8-9-18(14-6-7-14)11-16-15-5-3-4-13(15)10-17-16/h12-17H,3-11H2,1-2H3. The molecule has 2 saturated carbocycles. The van der Waals surface area contributed by atoms with Gasteiger partial charge in [0.25, 0.3) is 0 Å². The van der Waals surface area contributed by atoms with Gasteiger partial charge in [-0.15, -0.1) is 0 Å². The van der Waals surface area contributed by atoms with Crippen LogP contribution in [0.3, 0.4) is 0 Å². The number of rotatable bonds is 6. The summed E-state index contributed by atoms with van der Waals surface area (Å²) in [6, 6.07) is 1.75. The van der Waals surface area contributed by atoms with E-state index in [-0.39, 0.29) is 0 Å². The Hall–Kier alpha value is -0.0800. The van der Waals surface area contributed by atoms with Gasteiger partial charge in [-0.25, -0.2) is 0 Å². The third-order valence-corrected chi connectivity index (χ3v) is 5.37. The molecular weight excluding hydrogens is 220 g/mol.